The van der Waals surface area contributed by atoms with Gasteiger partial charge in [-0.3, -0.25) is 0 Å². The fourth-order valence-corrected chi connectivity index (χ4v) is 1.05. The standard InChI is InChI=1S/C6H3Cl2NO2/c7-4-1-3(6(10)11)2-5(8)9-4/h1-2H,(H,10,11)/i4+2,5+2. The first-order chi connectivity index (χ1) is 5.09. The van der Waals surface area contributed by atoms with Crippen molar-refractivity contribution < 1.29 is 9.90 Å². The number of hydrogen-bond acceptors (Lipinski definition) is 2. The monoisotopic (exact) mass is 195 g/mol. The van der Waals surface area contributed by atoms with Gasteiger partial charge in [0.1, 0.15) is 10.3 Å². The summed E-state index contributed by atoms with van der Waals surface area (Å²) in [5.74, 6) is -1.07. The third kappa shape index (κ3) is 2.06. The van der Waals surface area contributed by atoms with Gasteiger partial charge >= 0.3 is 5.97 Å². The minimum absolute atomic E-state index is 0.0370. The van der Waals surface area contributed by atoms with E-state index in [1.165, 1.54) is 12.1 Å². The predicted octanol–water partition coefficient (Wildman–Crippen LogP) is 2.09. The van der Waals surface area contributed by atoms with Crippen LogP contribution in [0.4, 0.5) is 0 Å². The fraction of sp³-hybridized carbons (Fsp3) is 0. The SMILES string of the molecule is O=C(O)c1c[14c](Cl)n[14c](Cl)c1. The molecule has 0 aliphatic rings. The number of carboxylic acid groups (broad SMARTS) is 1. The molecule has 0 aliphatic heterocycles. The van der Waals surface area contributed by atoms with Crippen molar-refractivity contribution in [1.82, 2.24) is 4.98 Å². The summed E-state index contributed by atoms with van der Waals surface area (Å²) in [4.78, 5) is 13.9. The summed E-state index contributed by atoms with van der Waals surface area (Å²) in [6.45, 7) is 0. The van der Waals surface area contributed by atoms with Crippen LogP contribution in [0.2, 0.25) is 10.3 Å². The van der Waals surface area contributed by atoms with Gasteiger partial charge in [0.15, 0.2) is 0 Å². The van der Waals surface area contributed by atoms with Gasteiger partial charge in [0.25, 0.3) is 0 Å². The van der Waals surface area contributed by atoms with Crippen LogP contribution in [-0.2, 0) is 0 Å². The Morgan fingerprint density at radius 1 is 1.45 bits per heavy atom. The highest BCUT2D eigenvalue weighted by molar-refractivity contribution is 6.32. The molecule has 0 fully saturated rings. The van der Waals surface area contributed by atoms with E-state index in [2.05, 4.69) is 4.98 Å². The van der Waals surface area contributed by atoms with Gasteiger partial charge in [-0.1, -0.05) is 23.2 Å². The van der Waals surface area contributed by atoms with Gasteiger partial charge in [0.2, 0.25) is 0 Å². The van der Waals surface area contributed by atoms with Gasteiger partial charge < -0.3 is 5.11 Å². The average Bonchev–Trinajstić information content (AvgIpc) is 1.85. The number of rotatable bonds is 1. The summed E-state index contributed by atoms with van der Waals surface area (Å²) in [5.41, 5.74) is 0.0370. The maximum absolute atomic E-state index is 10.4. The first kappa shape index (κ1) is 8.30. The van der Waals surface area contributed by atoms with Crippen molar-refractivity contribution in [2.75, 3.05) is 0 Å². The predicted molar refractivity (Wildman–Crippen MR) is 41.2 cm³/mol. The van der Waals surface area contributed by atoms with Crippen LogP contribution in [0.5, 0.6) is 0 Å². The van der Waals surface area contributed by atoms with Crippen LogP contribution in [0.15, 0.2) is 12.1 Å². The molecule has 0 bridgehead atoms. The Morgan fingerprint density at radius 3 is 2.27 bits per heavy atom. The summed E-state index contributed by atoms with van der Waals surface area (Å²) in [5, 5.41) is 8.65. The number of pyridine rings is 1. The molecule has 1 N–H and O–H groups in total. The molecular weight excluding hydrogens is 193 g/mol. The number of nitrogens with zero attached hydrogens (tertiary/aromatic N) is 1. The van der Waals surface area contributed by atoms with Crippen molar-refractivity contribution in [1.29, 1.82) is 0 Å². The van der Waals surface area contributed by atoms with E-state index >= 15 is 0 Å². The minimum atomic E-state index is -1.07. The average molecular weight is 196 g/mol. The highest BCUT2D eigenvalue weighted by atomic mass is 35.5. The van der Waals surface area contributed by atoms with Gasteiger partial charge in [-0.15, -0.1) is 0 Å². The van der Waals surface area contributed by atoms with Gasteiger partial charge in [0.05, 0.1) is 5.56 Å². The lowest BCUT2D eigenvalue weighted by atomic mass is 10.4. The first-order valence-electron chi connectivity index (χ1n) is 2.66. The Balaban J connectivity index is 3.19. The summed E-state index contributed by atoms with van der Waals surface area (Å²) < 4.78 is 0. The Kier molecular flexibility index (Phi) is 2.31. The van der Waals surface area contributed by atoms with E-state index in [1.54, 1.807) is 0 Å². The molecular formula is C6H3Cl2NO2. The van der Waals surface area contributed by atoms with E-state index in [1.807, 2.05) is 0 Å². The highest BCUT2D eigenvalue weighted by Crippen LogP contribution is 2.14. The lowest BCUT2D eigenvalue weighted by Gasteiger charge is -1.94. The topological polar surface area (TPSA) is 50.2 Å². The molecule has 11 heavy (non-hydrogen) atoms. The smallest absolute Gasteiger partial charge is 0.335 e. The molecule has 0 saturated heterocycles. The van der Waals surface area contributed by atoms with Crippen LogP contribution in [0, 0.1) is 0 Å². The van der Waals surface area contributed by atoms with Crippen molar-refractivity contribution >= 4 is 29.2 Å². The van der Waals surface area contributed by atoms with E-state index in [9.17, 15) is 4.79 Å². The first-order valence-corrected chi connectivity index (χ1v) is 3.41. The molecule has 0 radical (unpaired) electrons. The van der Waals surface area contributed by atoms with Gasteiger partial charge in [-0.2, -0.15) is 0 Å². The molecule has 1 heterocycles. The van der Waals surface area contributed by atoms with E-state index in [0.717, 1.165) is 0 Å². The molecule has 0 saturated carbocycles. The second-order valence-electron chi connectivity index (χ2n) is 1.81. The zero-order valence-electron chi connectivity index (χ0n) is 5.21. The number of aromatic nitrogens is 1. The van der Waals surface area contributed by atoms with E-state index < -0.39 is 5.97 Å². The molecule has 0 unspecified atom stereocenters. The molecule has 5 heteroatoms. The summed E-state index contributed by atoms with van der Waals surface area (Å²) in [7, 11) is 0. The fourth-order valence-electron chi connectivity index (χ4n) is 0.588. The molecule has 0 amide bonds. The van der Waals surface area contributed by atoms with Crippen molar-refractivity contribution in [2.24, 2.45) is 0 Å². The maximum atomic E-state index is 10.4. The number of halogens is 2. The Hall–Kier alpha value is -0.800. The zero-order valence-corrected chi connectivity index (χ0v) is 6.73. The van der Waals surface area contributed by atoms with Crippen LogP contribution in [-0.4, -0.2) is 16.1 Å². The molecule has 0 aliphatic carbocycles. The lowest BCUT2D eigenvalue weighted by Crippen LogP contribution is -1.96. The molecule has 0 spiro atoms. The third-order valence-corrected chi connectivity index (χ3v) is 1.40. The Bertz CT molecular complexity index is 280. The van der Waals surface area contributed by atoms with Crippen LogP contribution in [0.25, 0.3) is 0 Å². The van der Waals surface area contributed by atoms with Gasteiger partial charge in [-0.25, -0.2) is 9.78 Å². The van der Waals surface area contributed by atoms with E-state index in [0.29, 0.717) is 0 Å². The summed E-state index contributed by atoms with van der Waals surface area (Å²) in [6, 6.07) is 2.46. The van der Waals surface area contributed by atoms with Crippen molar-refractivity contribution in [3.05, 3.63) is 28.0 Å². The maximum Gasteiger partial charge on any atom is 0.335 e. The van der Waals surface area contributed by atoms with Crippen molar-refractivity contribution in [2.45, 2.75) is 0 Å². The van der Waals surface area contributed by atoms with Crippen LogP contribution >= 0.6 is 23.2 Å². The second kappa shape index (κ2) is 3.07. The third-order valence-electron chi connectivity index (χ3n) is 1.01. The molecule has 3 nitrogen and oxygen atoms in total. The number of aromatic carboxylic acids is 1. The largest absolute Gasteiger partial charge is 0.478 e. The molecule has 58 valence electrons. The van der Waals surface area contributed by atoms with Crippen LogP contribution in [0.1, 0.15) is 10.4 Å². The van der Waals surface area contributed by atoms with E-state index in [-0.39, 0.29) is 15.9 Å². The van der Waals surface area contributed by atoms with E-state index in [4.69, 9.17) is 28.3 Å². The lowest BCUT2D eigenvalue weighted by molar-refractivity contribution is 0.0697. The van der Waals surface area contributed by atoms with Gasteiger partial charge in [-0.05, 0) is 12.1 Å². The van der Waals surface area contributed by atoms with Crippen molar-refractivity contribution in [3.63, 3.8) is 0 Å². The van der Waals surface area contributed by atoms with Crippen molar-refractivity contribution in [3.8, 4) is 0 Å². The number of carboxylic acids is 1. The summed E-state index contributed by atoms with van der Waals surface area (Å²) in [6.07, 6.45) is 0. The molecule has 1 rings (SSSR count). The molecule has 1 aromatic rings. The Labute approximate surface area is 72.6 Å². The van der Waals surface area contributed by atoms with Gasteiger partial charge in [0, 0.05) is 0 Å². The highest BCUT2D eigenvalue weighted by Gasteiger charge is 2.05. The number of hydrogen-bond donors (Lipinski definition) is 1. The second-order valence-corrected chi connectivity index (χ2v) is 2.58. The van der Waals surface area contributed by atoms with Crippen LogP contribution < -0.4 is 0 Å². The molecule has 0 atom stereocenters. The normalized spacial score (nSPS) is 9.64. The quantitative estimate of drug-likeness (QED) is 0.699. The minimum Gasteiger partial charge on any atom is -0.478 e. The zero-order chi connectivity index (χ0) is 8.43. The Morgan fingerprint density at radius 2 is 1.91 bits per heavy atom. The summed E-state index contributed by atoms with van der Waals surface area (Å²) >= 11 is 10.9. The number of carbonyl (C=O) groups is 1. The molecule has 0 aromatic carbocycles. The molecule has 1 aromatic heterocycles. The van der Waals surface area contributed by atoms with Crippen LogP contribution in [0.3, 0.4) is 0 Å².